The molecule has 1 atom stereocenters. The number of carbonyl (C=O) groups excluding carboxylic acids is 1. The molecule has 0 radical (unpaired) electrons. The van der Waals surface area contributed by atoms with Crippen molar-refractivity contribution in [2.24, 2.45) is 0 Å². The van der Waals surface area contributed by atoms with Crippen molar-refractivity contribution in [2.45, 2.75) is 25.8 Å². The third-order valence-corrected chi connectivity index (χ3v) is 6.13. The maximum Gasteiger partial charge on any atom is 0.228 e. The van der Waals surface area contributed by atoms with Gasteiger partial charge in [-0.25, -0.2) is 13.4 Å². The SMILES string of the molecule is Cc1oc(-c2ccccc2)nc1CC(=O)N(C)[C@H]1CCS(=O)(=O)C1. The monoisotopic (exact) mass is 348 g/mol. The van der Waals surface area contributed by atoms with Crippen molar-refractivity contribution in [1.82, 2.24) is 9.88 Å². The molecule has 6 nitrogen and oxygen atoms in total. The summed E-state index contributed by atoms with van der Waals surface area (Å²) in [5.74, 6) is 1.14. The Labute approximate surface area is 141 Å². The van der Waals surface area contributed by atoms with Gasteiger partial charge in [-0.1, -0.05) is 18.2 Å². The maximum absolute atomic E-state index is 12.5. The fourth-order valence-corrected chi connectivity index (χ4v) is 4.62. The van der Waals surface area contributed by atoms with E-state index in [1.807, 2.05) is 30.3 Å². The third-order valence-electron chi connectivity index (χ3n) is 4.38. The number of oxazole rings is 1. The zero-order valence-corrected chi connectivity index (χ0v) is 14.5. The molecule has 24 heavy (non-hydrogen) atoms. The standard InChI is InChI=1S/C17H20N2O4S/c1-12-15(18-17(23-12)13-6-4-3-5-7-13)10-16(20)19(2)14-8-9-24(21,22)11-14/h3-7,14H,8-11H2,1-2H3/t14-/m0/s1. The van der Waals surface area contributed by atoms with Crippen LogP contribution >= 0.6 is 0 Å². The molecule has 0 saturated carbocycles. The van der Waals surface area contributed by atoms with Crippen LogP contribution in [0.15, 0.2) is 34.7 Å². The minimum absolute atomic E-state index is 0.0440. The molecule has 0 aliphatic carbocycles. The van der Waals surface area contributed by atoms with Gasteiger partial charge in [0, 0.05) is 18.7 Å². The van der Waals surface area contributed by atoms with Gasteiger partial charge in [-0.05, 0) is 25.5 Å². The van der Waals surface area contributed by atoms with Crippen LogP contribution < -0.4 is 0 Å². The van der Waals surface area contributed by atoms with Gasteiger partial charge >= 0.3 is 0 Å². The summed E-state index contributed by atoms with van der Waals surface area (Å²) in [6.45, 7) is 1.78. The number of rotatable bonds is 4. The van der Waals surface area contributed by atoms with Gasteiger partial charge in [0.15, 0.2) is 9.84 Å². The molecule has 0 unspecified atom stereocenters. The highest BCUT2D eigenvalue weighted by atomic mass is 32.2. The van der Waals surface area contributed by atoms with E-state index in [0.29, 0.717) is 23.8 Å². The Balaban J connectivity index is 1.72. The highest BCUT2D eigenvalue weighted by Gasteiger charge is 2.33. The molecule has 2 heterocycles. The molecule has 1 amide bonds. The molecule has 1 aliphatic heterocycles. The molecular weight excluding hydrogens is 328 g/mol. The van der Waals surface area contributed by atoms with Crippen LogP contribution in [0.5, 0.6) is 0 Å². The van der Waals surface area contributed by atoms with Crippen molar-refractivity contribution in [1.29, 1.82) is 0 Å². The first-order valence-electron chi connectivity index (χ1n) is 7.83. The third kappa shape index (κ3) is 3.51. The van der Waals surface area contributed by atoms with Gasteiger partial charge in [-0.2, -0.15) is 0 Å². The Morgan fingerprint density at radius 2 is 2.04 bits per heavy atom. The number of aromatic nitrogens is 1. The van der Waals surface area contributed by atoms with Crippen molar-refractivity contribution < 1.29 is 17.6 Å². The van der Waals surface area contributed by atoms with Gasteiger partial charge in [-0.15, -0.1) is 0 Å². The van der Waals surface area contributed by atoms with Crippen LogP contribution in [0, 0.1) is 6.92 Å². The predicted octanol–water partition coefficient (Wildman–Crippen LogP) is 1.84. The largest absolute Gasteiger partial charge is 0.441 e. The lowest BCUT2D eigenvalue weighted by Crippen LogP contribution is -2.38. The fraction of sp³-hybridized carbons (Fsp3) is 0.412. The molecule has 2 aromatic rings. The van der Waals surface area contributed by atoms with Crippen LogP contribution in [-0.4, -0.2) is 48.8 Å². The van der Waals surface area contributed by atoms with E-state index in [-0.39, 0.29) is 29.9 Å². The van der Waals surface area contributed by atoms with Crippen LogP contribution in [0.25, 0.3) is 11.5 Å². The van der Waals surface area contributed by atoms with Crippen LogP contribution in [0.2, 0.25) is 0 Å². The first-order chi connectivity index (χ1) is 11.4. The van der Waals surface area contributed by atoms with Crippen molar-refractivity contribution in [3.63, 3.8) is 0 Å². The average Bonchev–Trinajstić information content (AvgIpc) is 3.10. The normalized spacial score (nSPS) is 19.3. The van der Waals surface area contributed by atoms with Crippen LogP contribution in [-0.2, 0) is 21.1 Å². The molecule has 1 aliphatic rings. The summed E-state index contributed by atoms with van der Waals surface area (Å²) in [6.07, 6.45) is 0.604. The molecule has 128 valence electrons. The van der Waals surface area contributed by atoms with E-state index in [4.69, 9.17) is 4.42 Å². The Kier molecular flexibility index (Phi) is 4.45. The Morgan fingerprint density at radius 1 is 1.33 bits per heavy atom. The van der Waals surface area contributed by atoms with Gasteiger partial charge < -0.3 is 9.32 Å². The van der Waals surface area contributed by atoms with Gasteiger partial charge in [0.05, 0.1) is 23.6 Å². The van der Waals surface area contributed by atoms with E-state index in [0.717, 1.165) is 5.56 Å². The number of sulfone groups is 1. The second kappa shape index (κ2) is 6.39. The van der Waals surface area contributed by atoms with Crippen molar-refractivity contribution in [3.05, 3.63) is 41.8 Å². The lowest BCUT2D eigenvalue weighted by Gasteiger charge is -2.23. The van der Waals surface area contributed by atoms with Gasteiger partial charge in [0.25, 0.3) is 0 Å². The van der Waals surface area contributed by atoms with Gasteiger partial charge in [0.2, 0.25) is 11.8 Å². The first-order valence-corrected chi connectivity index (χ1v) is 9.65. The highest BCUT2D eigenvalue weighted by molar-refractivity contribution is 7.91. The number of nitrogens with zero attached hydrogens (tertiary/aromatic N) is 2. The molecule has 0 bridgehead atoms. The van der Waals surface area contributed by atoms with Crippen LogP contribution in [0.4, 0.5) is 0 Å². The van der Waals surface area contributed by atoms with Crippen molar-refractivity contribution >= 4 is 15.7 Å². The van der Waals surface area contributed by atoms with Crippen molar-refractivity contribution in [2.75, 3.05) is 18.6 Å². The molecule has 1 aromatic carbocycles. The number of aryl methyl sites for hydroxylation is 1. The molecule has 1 aromatic heterocycles. The number of benzene rings is 1. The summed E-state index contributed by atoms with van der Waals surface area (Å²) in [5, 5.41) is 0. The Morgan fingerprint density at radius 3 is 2.67 bits per heavy atom. The number of amides is 1. The minimum atomic E-state index is -3.01. The van der Waals surface area contributed by atoms with E-state index in [9.17, 15) is 13.2 Å². The van der Waals surface area contributed by atoms with Gasteiger partial charge in [0.1, 0.15) is 5.76 Å². The Hall–Kier alpha value is -2.15. The first kappa shape index (κ1) is 16.7. The summed E-state index contributed by atoms with van der Waals surface area (Å²) in [5.41, 5.74) is 1.45. The molecular formula is C17H20N2O4S. The molecule has 0 spiro atoms. The molecule has 1 fully saturated rings. The van der Waals surface area contributed by atoms with Gasteiger partial charge in [-0.3, -0.25) is 4.79 Å². The zero-order chi connectivity index (χ0) is 17.3. The highest BCUT2D eigenvalue weighted by Crippen LogP contribution is 2.23. The molecule has 0 N–H and O–H groups in total. The second-order valence-corrected chi connectivity index (χ2v) is 8.35. The zero-order valence-electron chi connectivity index (χ0n) is 13.7. The summed E-state index contributed by atoms with van der Waals surface area (Å²) < 4.78 is 28.8. The topological polar surface area (TPSA) is 80.5 Å². The molecule has 7 heteroatoms. The van der Waals surface area contributed by atoms with E-state index < -0.39 is 9.84 Å². The number of carbonyl (C=O) groups is 1. The minimum Gasteiger partial charge on any atom is -0.441 e. The Bertz CT molecular complexity index is 843. The summed E-state index contributed by atoms with van der Waals surface area (Å²) >= 11 is 0. The average molecular weight is 348 g/mol. The lowest BCUT2D eigenvalue weighted by atomic mass is 10.2. The number of hydrogen-bond donors (Lipinski definition) is 0. The summed E-state index contributed by atoms with van der Waals surface area (Å²) in [4.78, 5) is 18.4. The fourth-order valence-electron chi connectivity index (χ4n) is 2.85. The molecule has 3 rings (SSSR count). The smallest absolute Gasteiger partial charge is 0.228 e. The van der Waals surface area contributed by atoms with Crippen LogP contribution in [0.1, 0.15) is 17.9 Å². The quantitative estimate of drug-likeness (QED) is 0.842. The van der Waals surface area contributed by atoms with E-state index in [2.05, 4.69) is 4.98 Å². The van der Waals surface area contributed by atoms with Crippen LogP contribution in [0.3, 0.4) is 0 Å². The summed E-state index contributed by atoms with van der Waals surface area (Å²) in [7, 11) is -1.36. The lowest BCUT2D eigenvalue weighted by molar-refractivity contribution is -0.130. The maximum atomic E-state index is 12.5. The number of likely N-dealkylation sites (N-methyl/N-ethyl adjacent to an activating group) is 1. The predicted molar refractivity (Wildman–Crippen MR) is 90.2 cm³/mol. The molecule has 1 saturated heterocycles. The van der Waals surface area contributed by atoms with Crippen molar-refractivity contribution in [3.8, 4) is 11.5 Å². The van der Waals surface area contributed by atoms with E-state index >= 15 is 0 Å². The second-order valence-electron chi connectivity index (χ2n) is 6.13. The number of hydrogen-bond acceptors (Lipinski definition) is 5. The van der Waals surface area contributed by atoms with E-state index in [1.54, 1.807) is 14.0 Å². The van der Waals surface area contributed by atoms with E-state index in [1.165, 1.54) is 4.90 Å². The summed E-state index contributed by atoms with van der Waals surface area (Å²) in [6, 6.07) is 9.25.